The molecule has 0 aliphatic carbocycles. The Morgan fingerprint density at radius 2 is 2.03 bits per heavy atom. The van der Waals surface area contributed by atoms with Gasteiger partial charge in [-0.2, -0.15) is 4.98 Å². The highest BCUT2D eigenvalue weighted by Gasteiger charge is 2.19. The number of carbonyl (C=O) groups excluding carboxylic acids is 1. The second kappa shape index (κ2) is 9.05. The number of aryl methyl sites for hydroxylation is 1. The Hall–Kier alpha value is -3.94. The Bertz CT molecular complexity index is 1250. The van der Waals surface area contributed by atoms with Gasteiger partial charge in [-0.25, -0.2) is 4.39 Å². The molecular weight excluding hydrogens is 411 g/mol. The number of aromatic nitrogens is 3. The molecule has 0 unspecified atom stereocenters. The quantitative estimate of drug-likeness (QED) is 0.421. The fourth-order valence-corrected chi connectivity index (χ4v) is 3.53. The van der Waals surface area contributed by atoms with E-state index in [2.05, 4.69) is 10.1 Å². The molecule has 8 heteroatoms. The molecule has 7 nitrogen and oxygen atoms in total. The van der Waals surface area contributed by atoms with E-state index in [0.717, 1.165) is 11.3 Å². The first kappa shape index (κ1) is 21.3. The van der Waals surface area contributed by atoms with Crippen LogP contribution in [0.2, 0.25) is 0 Å². The predicted octanol–water partition coefficient (Wildman–Crippen LogP) is 4.71. The molecule has 32 heavy (non-hydrogen) atoms. The molecule has 2 aromatic heterocycles. The second-order valence-electron chi connectivity index (χ2n) is 7.27. The van der Waals surface area contributed by atoms with E-state index in [1.807, 2.05) is 44.2 Å². The molecule has 0 radical (unpaired) electrons. The van der Waals surface area contributed by atoms with Crippen LogP contribution in [0.1, 0.15) is 12.5 Å². The van der Waals surface area contributed by atoms with Crippen LogP contribution in [0.5, 0.6) is 5.75 Å². The Kier molecular flexibility index (Phi) is 6.02. The summed E-state index contributed by atoms with van der Waals surface area (Å²) in [6.07, 6.45) is 1.79. The van der Waals surface area contributed by atoms with Crippen LogP contribution in [0.25, 0.3) is 23.0 Å². The van der Waals surface area contributed by atoms with E-state index in [1.165, 1.54) is 19.2 Å². The SMILES string of the molecule is CCN(C(=O)Cn1cccc1-c1nc(-c2ccc(OC)c(F)c2)no1)c1cccc(C)c1. The van der Waals surface area contributed by atoms with Gasteiger partial charge in [-0.3, -0.25) is 4.79 Å². The van der Waals surface area contributed by atoms with Gasteiger partial charge >= 0.3 is 0 Å². The Balaban J connectivity index is 1.56. The summed E-state index contributed by atoms with van der Waals surface area (Å²) in [6.45, 7) is 4.59. The number of likely N-dealkylation sites (N-methyl/N-ethyl adjacent to an activating group) is 1. The summed E-state index contributed by atoms with van der Waals surface area (Å²) in [7, 11) is 1.40. The second-order valence-corrected chi connectivity index (χ2v) is 7.27. The van der Waals surface area contributed by atoms with E-state index < -0.39 is 5.82 Å². The summed E-state index contributed by atoms with van der Waals surface area (Å²) in [5.74, 6) is 0.0517. The summed E-state index contributed by atoms with van der Waals surface area (Å²) in [5, 5.41) is 3.97. The molecule has 2 aromatic carbocycles. The number of methoxy groups -OCH3 is 1. The highest BCUT2D eigenvalue weighted by atomic mass is 19.1. The van der Waals surface area contributed by atoms with Crippen molar-refractivity contribution in [2.75, 3.05) is 18.6 Å². The number of amides is 1. The highest BCUT2D eigenvalue weighted by molar-refractivity contribution is 5.93. The van der Waals surface area contributed by atoms with E-state index in [9.17, 15) is 9.18 Å². The normalized spacial score (nSPS) is 10.9. The molecule has 1 amide bonds. The van der Waals surface area contributed by atoms with Gasteiger partial charge in [-0.15, -0.1) is 0 Å². The number of rotatable bonds is 7. The van der Waals surface area contributed by atoms with Crippen LogP contribution >= 0.6 is 0 Å². The van der Waals surface area contributed by atoms with Crippen LogP contribution in [0.4, 0.5) is 10.1 Å². The summed E-state index contributed by atoms with van der Waals surface area (Å²) < 4.78 is 26.1. The Morgan fingerprint density at radius 3 is 2.75 bits per heavy atom. The molecule has 4 rings (SSSR count). The number of anilines is 1. The molecule has 0 saturated carbocycles. The van der Waals surface area contributed by atoms with Crippen molar-refractivity contribution < 1.29 is 18.4 Å². The van der Waals surface area contributed by atoms with Crippen molar-refractivity contribution in [3.05, 3.63) is 72.2 Å². The minimum absolute atomic E-state index is 0.0625. The maximum Gasteiger partial charge on any atom is 0.274 e. The number of hydrogen-bond donors (Lipinski definition) is 0. The molecule has 164 valence electrons. The molecule has 0 aliphatic rings. The van der Waals surface area contributed by atoms with Crippen LogP contribution in [-0.4, -0.2) is 34.3 Å². The average molecular weight is 434 g/mol. The fraction of sp³-hybridized carbons (Fsp3) is 0.208. The van der Waals surface area contributed by atoms with Gasteiger partial charge in [0.15, 0.2) is 11.6 Å². The molecule has 0 atom stereocenters. The third-order valence-corrected chi connectivity index (χ3v) is 5.12. The van der Waals surface area contributed by atoms with Gasteiger partial charge in [0.05, 0.1) is 7.11 Å². The van der Waals surface area contributed by atoms with E-state index in [0.29, 0.717) is 17.8 Å². The maximum atomic E-state index is 14.0. The Morgan fingerprint density at radius 1 is 1.19 bits per heavy atom. The van der Waals surface area contributed by atoms with Gasteiger partial charge in [0.2, 0.25) is 11.7 Å². The van der Waals surface area contributed by atoms with Gasteiger partial charge < -0.3 is 18.7 Å². The molecule has 0 fully saturated rings. The van der Waals surface area contributed by atoms with Crippen molar-refractivity contribution in [2.24, 2.45) is 0 Å². The summed E-state index contributed by atoms with van der Waals surface area (Å²) in [4.78, 5) is 19.2. The number of carbonyl (C=O) groups is 1. The summed E-state index contributed by atoms with van der Waals surface area (Å²) >= 11 is 0. The zero-order valence-electron chi connectivity index (χ0n) is 18.1. The molecule has 4 aromatic rings. The lowest BCUT2D eigenvalue weighted by Gasteiger charge is -2.22. The first-order chi connectivity index (χ1) is 15.5. The highest BCUT2D eigenvalue weighted by Crippen LogP contribution is 2.26. The van der Waals surface area contributed by atoms with E-state index in [-0.39, 0.29) is 29.9 Å². The Labute approximate surface area is 185 Å². The molecule has 0 spiro atoms. The van der Waals surface area contributed by atoms with E-state index in [4.69, 9.17) is 9.26 Å². The van der Waals surface area contributed by atoms with Gasteiger partial charge in [-0.1, -0.05) is 17.3 Å². The first-order valence-electron chi connectivity index (χ1n) is 10.2. The van der Waals surface area contributed by atoms with Gasteiger partial charge in [-0.05, 0) is 61.9 Å². The van der Waals surface area contributed by atoms with Crippen LogP contribution in [0, 0.1) is 12.7 Å². The molecule has 0 bridgehead atoms. The van der Waals surface area contributed by atoms with Crippen LogP contribution in [-0.2, 0) is 11.3 Å². The minimum atomic E-state index is -0.513. The maximum absolute atomic E-state index is 14.0. The zero-order valence-corrected chi connectivity index (χ0v) is 18.1. The van der Waals surface area contributed by atoms with Crippen molar-refractivity contribution in [1.29, 1.82) is 0 Å². The smallest absolute Gasteiger partial charge is 0.274 e. The lowest BCUT2D eigenvalue weighted by Crippen LogP contribution is -2.33. The monoisotopic (exact) mass is 434 g/mol. The van der Waals surface area contributed by atoms with Crippen molar-refractivity contribution >= 4 is 11.6 Å². The number of halogens is 1. The molecule has 2 heterocycles. The standard InChI is InChI=1S/C24H23FN4O3/c1-4-29(18-8-5-7-16(2)13-18)22(30)15-28-12-6-9-20(28)24-26-23(27-32-24)17-10-11-21(31-3)19(25)14-17/h5-14H,4,15H2,1-3H3. The van der Waals surface area contributed by atoms with Crippen molar-refractivity contribution in [3.63, 3.8) is 0 Å². The summed E-state index contributed by atoms with van der Waals surface area (Å²) in [6, 6.07) is 15.9. The van der Waals surface area contributed by atoms with E-state index >= 15 is 0 Å². The predicted molar refractivity (Wildman–Crippen MR) is 119 cm³/mol. The number of hydrogen-bond acceptors (Lipinski definition) is 5. The van der Waals surface area contributed by atoms with Crippen molar-refractivity contribution in [3.8, 4) is 28.7 Å². The van der Waals surface area contributed by atoms with Gasteiger partial charge in [0.1, 0.15) is 12.2 Å². The number of ether oxygens (including phenoxy) is 1. The number of nitrogens with zero attached hydrogens (tertiary/aromatic N) is 4. The van der Waals surface area contributed by atoms with Crippen LogP contribution in [0.15, 0.2) is 65.3 Å². The summed E-state index contributed by atoms with van der Waals surface area (Å²) in [5.41, 5.74) is 3.01. The largest absolute Gasteiger partial charge is 0.494 e. The van der Waals surface area contributed by atoms with Gasteiger partial charge in [0.25, 0.3) is 5.89 Å². The average Bonchev–Trinajstić information content (AvgIpc) is 3.44. The lowest BCUT2D eigenvalue weighted by atomic mass is 10.2. The lowest BCUT2D eigenvalue weighted by molar-refractivity contribution is -0.119. The zero-order chi connectivity index (χ0) is 22.7. The topological polar surface area (TPSA) is 73.4 Å². The third-order valence-electron chi connectivity index (χ3n) is 5.12. The van der Waals surface area contributed by atoms with Gasteiger partial charge in [0, 0.05) is 24.0 Å². The van der Waals surface area contributed by atoms with Crippen LogP contribution < -0.4 is 9.64 Å². The molecular formula is C24H23FN4O3. The van der Waals surface area contributed by atoms with Crippen LogP contribution in [0.3, 0.4) is 0 Å². The minimum Gasteiger partial charge on any atom is -0.494 e. The van der Waals surface area contributed by atoms with Crippen molar-refractivity contribution in [1.82, 2.24) is 14.7 Å². The van der Waals surface area contributed by atoms with E-state index in [1.54, 1.807) is 27.8 Å². The molecule has 0 aliphatic heterocycles. The molecule has 0 N–H and O–H groups in total. The molecule has 0 saturated heterocycles. The third kappa shape index (κ3) is 4.25. The number of benzene rings is 2. The fourth-order valence-electron chi connectivity index (χ4n) is 3.53. The first-order valence-corrected chi connectivity index (χ1v) is 10.2. The van der Waals surface area contributed by atoms with Crippen molar-refractivity contribution in [2.45, 2.75) is 20.4 Å².